The van der Waals surface area contributed by atoms with Crippen LogP contribution in [0.15, 0.2) is 29.2 Å². The Balaban J connectivity index is 1.53. The van der Waals surface area contributed by atoms with E-state index in [0.29, 0.717) is 44.2 Å². The van der Waals surface area contributed by atoms with E-state index in [1.165, 1.54) is 6.07 Å². The van der Waals surface area contributed by atoms with Crippen LogP contribution >= 0.6 is 11.3 Å². The predicted molar refractivity (Wildman–Crippen MR) is 120 cm³/mol. The highest BCUT2D eigenvalue weighted by Gasteiger charge is 2.46. The molecule has 3 aromatic rings. The number of fused-ring (bicyclic) bond motifs is 1. The zero-order valence-electron chi connectivity index (χ0n) is 18.4. The third-order valence-corrected chi connectivity index (χ3v) is 7.49. The summed E-state index contributed by atoms with van der Waals surface area (Å²) in [6.07, 6.45) is 2.93. The molecule has 5 rings (SSSR count). The molecule has 8 nitrogen and oxygen atoms in total. The quantitative estimate of drug-likeness (QED) is 0.607. The smallest absolute Gasteiger partial charge is 0.275 e. The Labute approximate surface area is 197 Å². The van der Waals surface area contributed by atoms with Gasteiger partial charge in [-0.25, -0.2) is 8.78 Å². The monoisotopic (exact) mass is 488 g/mol. The molecule has 11 heteroatoms. The minimum atomic E-state index is -0.714. The van der Waals surface area contributed by atoms with Gasteiger partial charge in [0.15, 0.2) is 16.5 Å². The van der Waals surface area contributed by atoms with E-state index in [2.05, 4.69) is 10.2 Å². The molecule has 0 aliphatic carbocycles. The highest BCUT2D eigenvalue weighted by molar-refractivity contribution is 7.14. The SMILES string of the molecule is CCN1C(=O)c2c(O)c(=O)c(-c3nnc(Cc4ccc(F)cc4F)s3)cn2CC12CCOCC2. The van der Waals surface area contributed by atoms with Gasteiger partial charge in [0.05, 0.1) is 11.1 Å². The molecule has 0 radical (unpaired) electrons. The van der Waals surface area contributed by atoms with Crippen molar-refractivity contribution in [1.82, 2.24) is 19.7 Å². The highest BCUT2D eigenvalue weighted by atomic mass is 32.1. The molecule has 0 unspecified atom stereocenters. The first-order valence-corrected chi connectivity index (χ1v) is 11.8. The lowest BCUT2D eigenvalue weighted by Gasteiger charge is -2.49. The second-order valence-corrected chi connectivity index (χ2v) is 9.56. The lowest BCUT2D eigenvalue weighted by molar-refractivity contribution is -0.0340. The van der Waals surface area contributed by atoms with Crippen molar-refractivity contribution in [3.63, 3.8) is 0 Å². The molecule has 2 aromatic heterocycles. The lowest BCUT2D eigenvalue weighted by Crippen LogP contribution is -2.60. The summed E-state index contributed by atoms with van der Waals surface area (Å²) in [6, 6.07) is 3.30. The maximum absolute atomic E-state index is 14.0. The second kappa shape index (κ2) is 8.55. The van der Waals surface area contributed by atoms with Crippen LogP contribution in [0.5, 0.6) is 5.75 Å². The summed E-state index contributed by atoms with van der Waals surface area (Å²) in [4.78, 5) is 28.0. The molecule has 1 amide bonds. The Morgan fingerprint density at radius 1 is 1.21 bits per heavy atom. The molecular weight excluding hydrogens is 466 g/mol. The van der Waals surface area contributed by atoms with Crippen LogP contribution < -0.4 is 5.43 Å². The number of benzene rings is 1. The van der Waals surface area contributed by atoms with Crippen LogP contribution in [0.2, 0.25) is 0 Å². The Hall–Kier alpha value is -3.18. The summed E-state index contributed by atoms with van der Waals surface area (Å²) in [5, 5.41) is 19.5. The molecule has 0 bridgehead atoms. The number of ether oxygens (including phenoxy) is 1. The molecule has 1 N–H and O–H groups in total. The number of aromatic hydroxyl groups is 1. The Bertz CT molecular complexity index is 1330. The molecule has 1 saturated heterocycles. The molecule has 2 aliphatic rings. The zero-order valence-corrected chi connectivity index (χ0v) is 19.2. The number of carbonyl (C=O) groups excluding carboxylic acids is 1. The van der Waals surface area contributed by atoms with E-state index in [-0.39, 0.29) is 34.2 Å². The van der Waals surface area contributed by atoms with Gasteiger partial charge in [0, 0.05) is 45.0 Å². The van der Waals surface area contributed by atoms with Gasteiger partial charge < -0.3 is 19.3 Å². The van der Waals surface area contributed by atoms with Crippen molar-refractivity contribution in [3.05, 3.63) is 62.5 Å². The molecule has 2 aliphatic heterocycles. The van der Waals surface area contributed by atoms with Gasteiger partial charge in [-0.3, -0.25) is 9.59 Å². The molecule has 1 spiro atoms. The first kappa shape index (κ1) is 22.6. The maximum atomic E-state index is 14.0. The largest absolute Gasteiger partial charge is 0.503 e. The summed E-state index contributed by atoms with van der Waals surface area (Å²) in [5.74, 6) is -2.37. The van der Waals surface area contributed by atoms with Gasteiger partial charge in [0.25, 0.3) is 5.91 Å². The number of aromatic nitrogens is 3. The Morgan fingerprint density at radius 3 is 2.68 bits per heavy atom. The fourth-order valence-electron chi connectivity index (χ4n) is 4.82. The van der Waals surface area contributed by atoms with Crippen LogP contribution in [0.25, 0.3) is 10.6 Å². The molecule has 0 saturated carbocycles. The van der Waals surface area contributed by atoms with Crippen LogP contribution in [0, 0.1) is 11.6 Å². The van der Waals surface area contributed by atoms with Crippen molar-refractivity contribution in [2.75, 3.05) is 19.8 Å². The normalized spacial score (nSPS) is 17.3. The lowest BCUT2D eigenvalue weighted by atomic mass is 9.85. The van der Waals surface area contributed by atoms with Crippen LogP contribution in [0.3, 0.4) is 0 Å². The fourth-order valence-corrected chi connectivity index (χ4v) is 5.69. The highest BCUT2D eigenvalue weighted by Crippen LogP contribution is 2.37. The van der Waals surface area contributed by atoms with Gasteiger partial charge in [0.1, 0.15) is 16.6 Å². The average molecular weight is 489 g/mol. The molecule has 34 heavy (non-hydrogen) atoms. The first-order valence-electron chi connectivity index (χ1n) is 11.0. The van der Waals surface area contributed by atoms with Crippen LogP contribution in [-0.4, -0.2) is 56.0 Å². The number of nitrogens with zero attached hydrogens (tertiary/aromatic N) is 4. The van der Waals surface area contributed by atoms with E-state index >= 15 is 0 Å². The number of likely N-dealkylation sites (N-methyl/N-ethyl adjacent to an activating group) is 1. The van der Waals surface area contributed by atoms with E-state index in [1.54, 1.807) is 15.7 Å². The number of rotatable bonds is 4. The third-order valence-electron chi connectivity index (χ3n) is 6.53. The number of hydrogen-bond acceptors (Lipinski definition) is 7. The summed E-state index contributed by atoms with van der Waals surface area (Å²) in [5.41, 5.74) is -0.840. The van der Waals surface area contributed by atoms with E-state index in [1.807, 2.05) is 6.92 Å². The summed E-state index contributed by atoms with van der Waals surface area (Å²) < 4.78 is 34.3. The average Bonchev–Trinajstić information content (AvgIpc) is 3.27. The van der Waals surface area contributed by atoms with Crippen molar-refractivity contribution in [3.8, 4) is 16.3 Å². The number of amides is 1. The van der Waals surface area contributed by atoms with Gasteiger partial charge in [-0.1, -0.05) is 17.4 Å². The molecule has 0 atom stereocenters. The van der Waals surface area contributed by atoms with Crippen molar-refractivity contribution in [1.29, 1.82) is 0 Å². The predicted octanol–water partition coefficient (Wildman–Crippen LogP) is 2.97. The number of hydrogen-bond donors (Lipinski definition) is 1. The van der Waals surface area contributed by atoms with Gasteiger partial charge in [0.2, 0.25) is 5.43 Å². The summed E-state index contributed by atoms with van der Waals surface area (Å²) in [7, 11) is 0. The number of pyridine rings is 1. The topological polar surface area (TPSA) is 97.5 Å². The van der Waals surface area contributed by atoms with E-state index < -0.39 is 28.4 Å². The minimum Gasteiger partial charge on any atom is -0.503 e. The third kappa shape index (κ3) is 3.68. The molecule has 1 fully saturated rings. The molecule has 178 valence electrons. The van der Waals surface area contributed by atoms with Crippen LogP contribution in [0.4, 0.5) is 8.78 Å². The molecule has 1 aromatic carbocycles. The minimum absolute atomic E-state index is 0.0363. The zero-order chi connectivity index (χ0) is 24.0. The van der Waals surface area contributed by atoms with Crippen LogP contribution in [0.1, 0.15) is 40.8 Å². The van der Waals surface area contributed by atoms with Gasteiger partial charge in [-0.05, 0) is 31.4 Å². The maximum Gasteiger partial charge on any atom is 0.275 e. The Kier molecular flexibility index (Phi) is 5.68. The number of carbonyl (C=O) groups is 1. The van der Waals surface area contributed by atoms with Crippen molar-refractivity contribution < 1.29 is 23.4 Å². The van der Waals surface area contributed by atoms with E-state index in [4.69, 9.17) is 4.74 Å². The standard InChI is InChI=1S/C23H22F2N4O4S/c1-2-29-22(32)18-20(31)19(30)15(11-28(18)12-23(29)5-7-33-8-6-23)21-27-26-17(34-21)9-13-3-4-14(24)10-16(13)25/h3-4,10-11,31H,2,5-9,12H2,1H3. The molecular formula is C23H22F2N4O4S. The van der Waals surface area contributed by atoms with Gasteiger partial charge >= 0.3 is 0 Å². The van der Waals surface area contributed by atoms with E-state index in [0.717, 1.165) is 23.5 Å². The van der Waals surface area contributed by atoms with Crippen molar-refractivity contribution in [2.24, 2.45) is 0 Å². The van der Waals surface area contributed by atoms with E-state index in [9.17, 15) is 23.5 Å². The second-order valence-electron chi connectivity index (χ2n) is 8.50. The fraction of sp³-hybridized carbons (Fsp3) is 0.391. The van der Waals surface area contributed by atoms with Crippen molar-refractivity contribution in [2.45, 2.75) is 38.3 Å². The van der Waals surface area contributed by atoms with Gasteiger partial charge in [-0.15, -0.1) is 10.2 Å². The van der Waals surface area contributed by atoms with Crippen LogP contribution in [-0.2, 0) is 17.7 Å². The van der Waals surface area contributed by atoms with Gasteiger partial charge in [-0.2, -0.15) is 0 Å². The first-order chi connectivity index (χ1) is 16.3. The summed E-state index contributed by atoms with van der Waals surface area (Å²) in [6.45, 7) is 3.79. The molecule has 4 heterocycles. The number of halogens is 2. The summed E-state index contributed by atoms with van der Waals surface area (Å²) >= 11 is 1.08. The Morgan fingerprint density at radius 2 is 1.97 bits per heavy atom. The van der Waals surface area contributed by atoms with Crippen molar-refractivity contribution >= 4 is 17.2 Å².